The third-order valence-corrected chi connectivity index (χ3v) is 9.30. The number of aryl methyl sites for hydroxylation is 4. The number of benzene rings is 4. The van der Waals surface area contributed by atoms with Crippen LogP contribution < -0.4 is 0 Å². The molecular formula is C36H34FNS. The van der Waals surface area contributed by atoms with Gasteiger partial charge in [0, 0.05) is 0 Å². The monoisotopic (exact) mass is 531 g/mol. The molecule has 0 bridgehead atoms. The summed E-state index contributed by atoms with van der Waals surface area (Å²) in [6.07, 6.45) is 4.09. The van der Waals surface area contributed by atoms with Crippen molar-refractivity contribution in [1.82, 2.24) is 0 Å². The first-order valence-electron chi connectivity index (χ1n) is 13.5. The minimum absolute atomic E-state index is 0.0348. The summed E-state index contributed by atoms with van der Waals surface area (Å²) >= 11 is 1.54. The summed E-state index contributed by atoms with van der Waals surface area (Å²) in [5, 5.41) is 3.48. The predicted octanol–water partition coefficient (Wildman–Crippen LogP) is 10.0. The normalized spacial score (nSPS) is 13.5. The number of nitrogens with zero attached hydrogens (tertiary/aromatic N) is 1. The molecule has 0 radical (unpaired) electrons. The lowest BCUT2D eigenvalue weighted by molar-refractivity contribution is -0.417. The Balaban J connectivity index is 1.61. The van der Waals surface area contributed by atoms with Gasteiger partial charge in [-0.3, -0.25) is 4.58 Å². The van der Waals surface area contributed by atoms with Crippen LogP contribution in [0.25, 0.3) is 38.1 Å². The van der Waals surface area contributed by atoms with Crippen molar-refractivity contribution in [3.8, 4) is 11.1 Å². The van der Waals surface area contributed by atoms with Crippen molar-refractivity contribution in [3.63, 3.8) is 0 Å². The van der Waals surface area contributed by atoms with Crippen LogP contribution in [0, 0.1) is 39.6 Å². The van der Waals surface area contributed by atoms with Gasteiger partial charge in [0.05, 0.1) is 6.72 Å². The zero-order valence-corrected chi connectivity index (χ0v) is 24.6. The van der Waals surface area contributed by atoms with E-state index in [1.807, 2.05) is 16.8 Å². The van der Waals surface area contributed by atoms with Crippen molar-refractivity contribution in [3.05, 3.63) is 116 Å². The van der Waals surface area contributed by atoms with E-state index in [2.05, 4.69) is 110 Å². The quantitative estimate of drug-likeness (QED) is 0.121. The molecular weight excluding hydrogens is 497 g/mol. The molecule has 0 saturated heterocycles. The van der Waals surface area contributed by atoms with Gasteiger partial charge in [0.25, 0.3) is 0 Å². The Kier molecular flexibility index (Phi) is 5.85. The zero-order chi connectivity index (χ0) is 27.8. The van der Waals surface area contributed by atoms with E-state index in [4.69, 9.17) is 0 Å². The molecule has 0 amide bonds. The number of hydrogen-bond donors (Lipinski definition) is 0. The summed E-state index contributed by atoms with van der Waals surface area (Å²) in [6, 6.07) is 20.3. The van der Waals surface area contributed by atoms with Crippen LogP contribution in [0.5, 0.6) is 0 Å². The molecule has 1 aliphatic heterocycles. The molecule has 1 aliphatic rings. The van der Waals surface area contributed by atoms with Crippen molar-refractivity contribution >= 4 is 45.0 Å². The standard InChI is InChI=1S/C36H34FNS/c1-20-17-21(2)31(22(3)18-20)28-14-13-26-27-15-16-38(8)33(35(27)39-34(26)32(28)37)29-19-30(36(5,6)7)25-12-10-9-11-24(25)23(29)4/h9-19H,8H2,1-7H3. The van der Waals surface area contributed by atoms with Gasteiger partial charge >= 0.3 is 0 Å². The zero-order valence-electron chi connectivity index (χ0n) is 23.8. The van der Waals surface area contributed by atoms with Crippen LogP contribution in [0.15, 0.2) is 60.8 Å². The molecule has 1 nitrogen and oxygen atoms in total. The fraction of sp³-hybridized carbons (Fsp3) is 0.222. The maximum absolute atomic E-state index is 16.4. The molecule has 0 fully saturated rings. The van der Waals surface area contributed by atoms with E-state index in [1.165, 1.54) is 38.8 Å². The average Bonchev–Trinajstić information content (AvgIpc) is 3.24. The van der Waals surface area contributed by atoms with Crippen LogP contribution >= 0.6 is 11.3 Å². The lowest BCUT2D eigenvalue weighted by atomic mass is 9.79. The van der Waals surface area contributed by atoms with Gasteiger partial charge in [0.1, 0.15) is 23.4 Å². The number of thiophene rings is 1. The smallest absolute Gasteiger partial charge is 0.197 e. The van der Waals surface area contributed by atoms with Gasteiger partial charge < -0.3 is 0 Å². The molecule has 0 saturated carbocycles. The highest BCUT2D eigenvalue weighted by Gasteiger charge is 2.35. The lowest BCUT2D eigenvalue weighted by Crippen LogP contribution is -2.20. The number of hydrogen-bond acceptors (Lipinski definition) is 0. The first-order valence-corrected chi connectivity index (χ1v) is 14.3. The third-order valence-electron chi connectivity index (χ3n) is 8.08. The van der Waals surface area contributed by atoms with E-state index < -0.39 is 0 Å². The minimum atomic E-state index is -0.143. The Hall–Kier alpha value is -3.69. The summed E-state index contributed by atoms with van der Waals surface area (Å²) in [7, 11) is 0. The van der Waals surface area contributed by atoms with Crippen LogP contribution in [-0.4, -0.2) is 11.3 Å². The van der Waals surface area contributed by atoms with E-state index in [1.54, 1.807) is 0 Å². The Bertz CT molecular complexity index is 1840. The van der Waals surface area contributed by atoms with Crippen molar-refractivity contribution in [1.29, 1.82) is 0 Å². The van der Waals surface area contributed by atoms with Gasteiger partial charge in [-0.2, -0.15) is 0 Å². The van der Waals surface area contributed by atoms with Crippen LogP contribution in [0.3, 0.4) is 0 Å². The third kappa shape index (κ3) is 3.94. The van der Waals surface area contributed by atoms with Gasteiger partial charge in [-0.25, -0.2) is 4.39 Å². The van der Waals surface area contributed by atoms with Crippen LogP contribution in [0.2, 0.25) is 0 Å². The fourth-order valence-corrected chi connectivity index (χ4v) is 7.62. The van der Waals surface area contributed by atoms with E-state index in [0.717, 1.165) is 44.1 Å². The molecule has 3 heteroatoms. The van der Waals surface area contributed by atoms with E-state index in [-0.39, 0.29) is 11.2 Å². The molecule has 1 aromatic heterocycles. The highest BCUT2D eigenvalue weighted by molar-refractivity contribution is 7.19. The van der Waals surface area contributed by atoms with E-state index >= 15 is 4.39 Å². The fourth-order valence-electron chi connectivity index (χ4n) is 6.32. The molecule has 2 heterocycles. The molecule has 0 unspecified atom stereocenters. The summed E-state index contributed by atoms with van der Waals surface area (Å²) in [4.78, 5) is 1.06. The summed E-state index contributed by atoms with van der Waals surface area (Å²) in [5.74, 6) is -0.143. The van der Waals surface area contributed by atoms with Crippen LogP contribution in [-0.2, 0) is 5.41 Å². The van der Waals surface area contributed by atoms with Gasteiger partial charge in [-0.15, -0.1) is 12.1 Å². The summed E-state index contributed by atoms with van der Waals surface area (Å²) in [6.45, 7) is 19.6. The maximum atomic E-state index is 16.4. The topological polar surface area (TPSA) is 3.01 Å². The lowest BCUT2D eigenvalue weighted by Gasteiger charge is -2.28. The van der Waals surface area contributed by atoms with Gasteiger partial charge in [0.2, 0.25) is 0 Å². The molecule has 0 N–H and O–H groups in total. The Morgan fingerprint density at radius 3 is 2.23 bits per heavy atom. The molecule has 39 heavy (non-hydrogen) atoms. The van der Waals surface area contributed by atoms with Crippen molar-refractivity contribution < 1.29 is 8.97 Å². The molecule has 6 rings (SSSR count). The van der Waals surface area contributed by atoms with Crippen molar-refractivity contribution in [2.24, 2.45) is 0 Å². The van der Waals surface area contributed by atoms with E-state index in [0.29, 0.717) is 10.3 Å². The largest absolute Gasteiger partial charge is 0.257 e. The molecule has 0 spiro atoms. The van der Waals surface area contributed by atoms with Crippen LogP contribution in [0.4, 0.5) is 4.39 Å². The van der Waals surface area contributed by atoms with Gasteiger partial charge in [0.15, 0.2) is 15.6 Å². The maximum Gasteiger partial charge on any atom is 0.197 e. The minimum Gasteiger partial charge on any atom is -0.257 e. The Labute approximate surface area is 235 Å². The second kappa shape index (κ2) is 8.93. The molecule has 4 aromatic carbocycles. The molecule has 5 aromatic rings. The summed E-state index contributed by atoms with van der Waals surface area (Å²) < 4.78 is 19.0. The predicted molar refractivity (Wildman–Crippen MR) is 167 cm³/mol. The van der Waals surface area contributed by atoms with Crippen molar-refractivity contribution in [2.45, 2.75) is 53.9 Å². The van der Waals surface area contributed by atoms with Gasteiger partial charge in [-0.1, -0.05) is 98.0 Å². The van der Waals surface area contributed by atoms with E-state index in [9.17, 15) is 0 Å². The highest BCUT2D eigenvalue weighted by Crippen LogP contribution is 2.47. The Morgan fingerprint density at radius 2 is 1.56 bits per heavy atom. The molecule has 0 atom stereocenters. The SMILES string of the molecule is C=[N+]1C=Cc2c([s+][c-]3c(F)c(-c4c(C)cc(C)cc4C)ccc23)[C-]1c1cc(C(C)(C)C)c2ccccc2c1C. The number of rotatable bonds is 2. The second-order valence-corrected chi connectivity index (χ2v) is 13.0. The average molecular weight is 532 g/mol. The Morgan fingerprint density at radius 1 is 0.897 bits per heavy atom. The van der Waals surface area contributed by atoms with Gasteiger partial charge in [-0.05, 0) is 70.7 Å². The number of halogens is 1. The van der Waals surface area contributed by atoms with Crippen molar-refractivity contribution in [2.75, 3.05) is 0 Å². The number of fused-ring (bicyclic) bond motifs is 4. The molecule has 0 aliphatic carbocycles. The first-order chi connectivity index (χ1) is 18.5. The highest BCUT2D eigenvalue weighted by atomic mass is 32.1. The van der Waals surface area contributed by atoms with Crippen LogP contribution in [0.1, 0.15) is 64.6 Å². The summed E-state index contributed by atoms with van der Waals surface area (Å²) in [5.41, 5.74) is 9.76. The molecule has 196 valence electrons. The first kappa shape index (κ1) is 25.6. The second-order valence-electron chi connectivity index (χ2n) is 11.9.